The Labute approximate surface area is 213 Å². The Balaban J connectivity index is 1.69. The van der Waals surface area contributed by atoms with Crippen molar-refractivity contribution in [2.45, 2.75) is 19.9 Å². The summed E-state index contributed by atoms with van der Waals surface area (Å²) >= 11 is 0. The van der Waals surface area contributed by atoms with Gasteiger partial charge in [-0.25, -0.2) is 9.18 Å². The van der Waals surface area contributed by atoms with Crippen LogP contribution in [0.1, 0.15) is 35.8 Å². The van der Waals surface area contributed by atoms with E-state index in [4.69, 9.17) is 23.7 Å². The van der Waals surface area contributed by atoms with Crippen molar-refractivity contribution < 1.29 is 37.7 Å². The number of amides is 1. The molecule has 2 N–H and O–H groups in total. The van der Waals surface area contributed by atoms with E-state index in [1.807, 2.05) is 13.0 Å². The van der Waals surface area contributed by atoms with Crippen LogP contribution < -0.4 is 19.5 Å². The maximum Gasteiger partial charge on any atom is 0.341 e. The molecule has 0 unspecified atom stereocenters. The highest BCUT2D eigenvalue weighted by atomic mass is 19.1. The Morgan fingerprint density at radius 3 is 2.43 bits per heavy atom. The van der Waals surface area contributed by atoms with Crippen molar-refractivity contribution >= 4 is 29.1 Å². The van der Waals surface area contributed by atoms with E-state index in [-0.39, 0.29) is 24.6 Å². The first-order valence-electron chi connectivity index (χ1n) is 11.4. The quantitative estimate of drug-likeness (QED) is 0.401. The van der Waals surface area contributed by atoms with Crippen LogP contribution in [0, 0.1) is 5.82 Å². The molecule has 0 aliphatic heterocycles. The summed E-state index contributed by atoms with van der Waals surface area (Å²) in [7, 11) is 2.88. The number of allylic oxidation sites excluding steroid dienone is 2. The third kappa shape index (κ3) is 5.66. The summed E-state index contributed by atoms with van der Waals surface area (Å²) in [5.41, 5.74) is 4.49. The van der Waals surface area contributed by atoms with Crippen LogP contribution in [-0.2, 0) is 16.1 Å². The number of furan rings is 1. The summed E-state index contributed by atoms with van der Waals surface area (Å²) in [6.07, 6.45) is 3.48. The van der Waals surface area contributed by atoms with Crippen LogP contribution in [0.4, 0.5) is 4.39 Å². The summed E-state index contributed by atoms with van der Waals surface area (Å²) in [6, 6.07) is 11.4. The van der Waals surface area contributed by atoms with Gasteiger partial charge in [0, 0.05) is 0 Å². The highest BCUT2D eigenvalue weighted by molar-refractivity contribution is 6.08. The molecule has 0 fully saturated rings. The molecule has 0 atom stereocenters. The second-order valence-corrected chi connectivity index (χ2v) is 8.32. The van der Waals surface area contributed by atoms with Crippen molar-refractivity contribution in [1.29, 1.82) is 0 Å². The molecule has 1 aliphatic carbocycles. The predicted molar refractivity (Wildman–Crippen MR) is 135 cm³/mol. The first-order valence-corrected chi connectivity index (χ1v) is 11.4. The molecular formula is C28H26FNO7. The number of aliphatic carboxylic acids is 1. The van der Waals surface area contributed by atoms with Gasteiger partial charge < -0.3 is 29.1 Å². The minimum atomic E-state index is -1.13. The number of halogens is 1. The number of nitrogens with one attached hydrogen (secondary N) is 1. The van der Waals surface area contributed by atoms with Crippen LogP contribution >= 0.6 is 0 Å². The fraction of sp³-hybridized carbons (Fsp3) is 0.214. The van der Waals surface area contributed by atoms with Gasteiger partial charge in [-0.3, -0.25) is 4.79 Å². The number of methoxy groups -OCH3 is 2. The molecule has 0 bridgehead atoms. The molecule has 1 heterocycles. The van der Waals surface area contributed by atoms with Crippen LogP contribution in [0.25, 0.3) is 17.2 Å². The van der Waals surface area contributed by atoms with Gasteiger partial charge in [0.05, 0.1) is 33.4 Å². The number of carboxylic acid groups (broad SMARTS) is 1. The standard InChI is InChI=1S/C28H26FNO7/c1-16-21(9-17-10-24(34-2)28(25(11-17)35-3)37-15-27(32)33)20-7-6-18(29)12-23(20)22(16)13-26(31)30-14-19-5-4-8-36-19/h4-12H,13-15H2,1-3H3,(H,30,31)(H,32,33). The molecule has 3 aromatic rings. The number of ether oxygens (including phenoxy) is 3. The lowest BCUT2D eigenvalue weighted by Gasteiger charge is -2.15. The maximum absolute atomic E-state index is 14.2. The second kappa shape index (κ2) is 11.0. The van der Waals surface area contributed by atoms with E-state index < -0.39 is 18.4 Å². The van der Waals surface area contributed by atoms with E-state index in [1.165, 1.54) is 32.6 Å². The molecule has 4 rings (SSSR count). The van der Waals surface area contributed by atoms with Gasteiger partial charge in [-0.05, 0) is 82.8 Å². The van der Waals surface area contributed by atoms with Crippen molar-refractivity contribution in [3.05, 3.63) is 82.6 Å². The summed E-state index contributed by atoms with van der Waals surface area (Å²) in [4.78, 5) is 23.7. The van der Waals surface area contributed by atoms with Gasteiger partial charge >= 0.3 is 5.97 Å². The number of carbonyl (C=O) groups is 2. The molecular weight excluding hydrogens is 481 g/mol. The Morgan fingerprint density at radius 1 is 1.08 bits per heavy atom. The molecule has 1 amide bonds. The van der Waals surface area contributed by atoms with Gasteiger partial charge in [0.25, 0.3) is 0 Å². The summed E-state index contributed by atoms with van der Waals surface area (Å²) in [5, 5.41) is 11.8. The van der Waals surface area contributed by atoms with E-state index >= 15 is 0 Å². The number of rotatable bonds is 10. The summed E-state index contributed by atoms with van der Waals surface area (Å²) in [6.45, 7) is 1.59. The lowest BCUT2D eigenvalue weighted by Crippen LogP contribution is -2.22. The van der Waals surface area contributed by atoms with Crippen LogP contribution in [0.2, 0.25) is 0 Å². The van der Waals surface area contributed by atoms with E-state index in [0.29, 0.717) is 28.4 Å². The molecule has 1 aromatic heterocycles. The zero-order valence-corrected chi connectivity index (χ0v) is 20.6. The monoisotopic (exact) mass is 507 g/mol. The minimum absolute atomic E-state index is 0.0644. The van der Waals surface area contributed by atoms with E-state index in [2.05, 4.69) is 5.32 Å². The van der Waals surface area contributed by atoms with E-state index in [9.17, 15) is 14.0 Å². The largest absolute Gasteiger partial charge is 0.493 e. The zero-order valence-electron chi connectivity index (χ0n) is 20.6. The molecule has 37 heavy (non-hydrogen) atoms. The van der Waals surface area contributed by atoms with Crippen molar-refractivity contribution in [2.75, 3.05) is 20.8 Å². The number of carbonyl (C=O) groups excluding carboxylic acids is 1. The third-order valence-electron chi connectivity index (χ3n) is 5.96. The normalized spacial score (nSPS) is 13.5. The Morgan fingerprint density at radius 2 is 1.81 bits per heavy atom. The van der Waals surface area contributed by atoms with Crippen LogP contribution in [0.15, 0.2) is 58.7 Å². The van der Waals surface area contributed by atoms with Crippen LogP contribution in [-0.4, -0.2) is 37.8 Å². The average Bonchev–Trinajstić information content (AvgIpc) is 3.48. The van der Waals surface area contributed by atoms with Gasteiger partial charge in [-0.1, -0.05) is 6.07 Å². The SMILES string of the molecule is COc1cc(C=C2C(C)=C(CC(=O)NCc3ccco3)c3cc(F)ccc32)cc(OC)c1OCC(=O)O. The molecule has 0 saturated heterocycles. The predicted octanol–water partition coefficient (Wildman–Crippen LogP) is 4.93. The first kappa shape index (κ1) is 25.6. The number of hydrogen-bond acceptors (Lipinski definition) is 6. The van der Waals surface area contributed by atoms with Crippen molar-refractivity contribution in [2.24, 2.45) is 0 Å². The highest BCUT2D eigenvalue weighted by Crippen LogP contribution is 2.45. The Kier molecular flexibility index (Phi) is 7.62. The molecule has 9 heteroatoms. The van der Waals surface area contributed by atoms with E-state index in [1.54, 1.807) is 30.3 Å². The van der Waals surface area contributed by atoms with Crippen molar-refractivity contribution in [1.82, 2.24) is 5.32 Å². The van der Waals surface area contributed by atoms with Gasteiger partial charge in [0.2, 0.25) is 11.7 Å². The van der Waals surface area contributed by atoms with Crippen LogP contribution in [0.3, 0.4) is 0 Å². The van der Waals surface area contributed by atoms with E-state index in [0.717, 1.165) is 22.3 Å². The second-order valence-electron chi connectivity index (χ2n) is 8.32. The Bertz CT molecular complexity index is 1360. The third-order valence-corrected chi connectivity index (χ3v) is 5.96. The smallest absolute Gasteiger partial charge is 0.341 e. The number of benzene rings is 2. The zero-order chi connectivity index (χ0) is 26.5. The topological polar surface area (TPSA) is 107 Å². The lowest BCUT2D eigenvalue weighted by atomic mass is 10.00. The summed E-state index contributed by atoms with van der Waals surface area (Å²) in [5.74, 6) is -0.352. The van der Waals surface area contributed by atoms with Gasteiger partial charge in [0.15, 0.2) is 18.1 Å². The molecule has 0 spiro atoms. The first-order chi connectivity index (χ1) is 17.8. The van der Waals surface area contributed by atoms with Gasteiger partial charge in [-0.15, -0.1) is 0 Å². The highest BCUT2D eigenvalue weighted by Gasteiger charge is 2.26. The molecule has 0 radical (unpaired) electrons. The molecule has 8 nitrogen and oxygen atoms in total. The minimum Gasteiger partial charge on any atom is -0.493 e. The fourth-order valence-electron chi connectivity index (χ4n) is 4.23. The average molecular weight is 508 g/mol. The van der Waals surface area contributed by atoms with Crippen molar-refractivity contribution in [3.8, 4) is 17.2 Å². The fourth-order valence-corrected chi connectivity index (χ4v) is 4.23. The molecule has 192 valence electrons. The molecule has 1 aliphatic rings. The van der Waals surface area contributed by atoms with Gasteiger partial charge in [0.1, 0.15) is 11.6 Å². The molecule has 0 saturated carbocycles. The molecule has 2 aromatic carbocycles. The maximum atomic E-state index is 14.2. The number of carboxylic acids is 1. The van der Waals surface area contributed by atoms with Crippen LogP contribution in [0.5, 0.6) is 17.2 Å². The Hall–Kier alpha value is -4.53. The van der Waals surface area contributed by atoms with Crippen molar-refractivity contribution in [3.63, 3.8) is 0 Å². The number of hydrogen-bond donors (Lipinski definition) is 2. The lowest BCUT2D eigenvalue weighted by molar-refractivity contribution is -0.139. The van der Waals surface area contributed by atoms with Gasteiger partial charge in [-0.2, -0.15) is 0 Å². The summed E-state index contributed by atoms with van der Waals surface area (Å²) < 4.78 is 35.7. The number of fused-ring (bicyclic) bond motifs is 1.